The third-order valence-electron chi connectivity index (χ3n) is 19.8. The van der Waals surface area contributed by atoms with Crippen LogP contribution in [-0.2, 0) is 10.8 Å². The first-order valence-electron chi connectivity index (χ1n) is 25.0. The Bertz CT molecular complexity index is 3310. The molecule has 67 heavy (non-hydrogen) atoms. The summed E-state index contributed by atoms with van der Waals surface area (Å²) in [4.78, 5) is 5.52. The van der Waals surface area contributed by atoms with Gasteiger partial charge in [-0.1, -0.05) is 106 Å². The Morgan fingerprint density at radius 2 is 0.776 bits per heavy atom. The highest BCUT2D eigenvalue weighted by molar-refractivity contribution is 7.03. The normalized spacial score (nSPS) is 26.6. The fourth-order valence-electron chi connectivity index (χ4n) is 16.3. The van der Waals surface area contributed by atoms with Crippen molar-refractivity contribution >= 4 is 92.1 Å². The largest absolute Gasteiger partial charge is 0.458 e. The van der Waals surface area contributed by atoms with E-state index < -0.39 is 0 Å². The Kier molecular flexibility index (Phi) is 6.35. The molecule has 322 valence electrons. The van der Waals surface area contributed by atoms with Gasteiger partial charge in [-0.3, -0.25) is 0 Å². The van der Waals surface area contributed by atoms with E-state index in [0.717, 1.165) is 64.3 Å². The lowest BCUT2D eigenvalue weighted by Gasteiger charge is -2.52. The maximum absolute atomic E-state index is 7.21. The van der Waals surface area contributed by atoms with Gasteiger partial charge in [0.15, 0.2) is 0 Å². The second kappa shape index (κ2) is 11.6. The summed E-state index contributed by atoms with van der Waals surface area (Å²) in [6, 6.07) is 43.2. The molecule has 8 heterocycles. The maximum atomic E-state index is 7.21. The van der Waals surface area contributed by atoms with Crippen LogP contribution in [0.2, 0.25) is 0 Å². The molecule has 2 aliphatic carbocycles. The topological polar surface area (TPSA) is 43.4 Å². The monoisotopic (exact) mass is 868 g/mol. The van der Waals surface area contributed by atoms with E-state index in [1.165, 1.54) is 116 Å². The zero-order valence-electron chi connectivity index (χ0n) is 38.4. The predicted octanol–water partition coefficient (Wildman–Crippen LogP) is 7.77. The number of ether oxygens (including phenoxy) is 4. The lowest BCUT2D eigenvalue weighted by atomic mass is 9.30. The molecular formula is C58H47B3N2O4. The molecule has 2 saturated carbocycles. The average molecular weight is 868 g/mol. The first kappa shape index (κ1) is 36.6. The van der Waals surface area contributed by atoms with Crippen molar-refractivity contribution in [1.29, 1.82) is 0 Å². The van der Waals surface area contributed by atoms with Crippen molar-refractivity contribution in [3.63, 3.8) is 0 Å². The van der Waals surface area contributed by atoms with Crippen LogP contribution in [0.15, 0.2) is 115 Å². The molecule has 6 nitrogen and oxygen atoms in total. The Hall–Kier alpha value is -6.47. The van der Waals surface area contributed by atoms with Gasteiger partial charge in [-0.05, 0) is 131 Å². The highest BCUT2D eigenvalue weighted by Crippen LogP contribution is 2.64. The summed E-state index contributed by atoms with van der Waals surface area (Å²) in [6.45, 7) is 10.1. The lowest BCUT2D eigenvalue weighted by molar-refractivity contribution is 0.195. The Balaban J connectivity index is 0.935. The van der Waals surface area contributed by atoms with Crippen molar-refractivity contribution in [1.82, 2.24) is 0 Å². The van der Waals surface area contributed by atoms with E-state index in [2.05, 4.69) is 153 Å². The van der Waals surface area contributed by atoms with Gasteiger partial charge in [0.05, 0.1) is 11.1 Å². The van der Waals surface area contributed by atoms with Crippen molar-refractivity contribution in [3.05, 3.63) is 126 Å². The molecule has 10 aliphatic rings. The second-order valence-electron chi connectivity index (χ2n) is 22.4. The van der Waals surface area contributed by atoms with Crippen LogP contribution in [0.5, 0.6) is 46.0 Å². The predicted molar refractivity (Wildman–Crippen MR) is 272 cm³/mol. The summed E-state index contributed by atoms with van der Waals surface area (Å²) in [5, 5.41) is 0. The number of hydrogen-bond acceptors (Lipinski definition) is 6. The Morgan fingerprint density at radius 3 is 1.27 bits per heavy atom. The van der Waals surface area contributed by atoms with E-state index in [1.807, 2.05) is 0 Å². The summed E-state index contributed by atoms with van der Waals surface area (Å²) >= 11 is 0. The zero-order chi connectivity index (χ0) is 44.1. The van der Waals surface area contributed by atoms with Gasteiger partial charge < -0.3 is 28.7 Å². The standard InChI is InChI=1S/C58H47B3N2O4/c1-55-24-9-11-26-57(55,3)62-40-30-48-38(28-36(40)59-34-14-5-7-16-42(34)64-46-22-20-32(55)53(62)51(46)59)61-39-29-37-41(31-49(39)67-45-19-13-18-44(66-48)50(45)61)63-54-33(56(2)25-10-12-27-58(56,63)4)21-23-47-52(54)60(37)35-15-6-8-17-43(35)65-47/h5-8,13-23,28-31H,9-12,24-27H2,1-4H3. The van der Waals surface area contributed by atoms with Gasteiger partial charge in [0.2, 0.25) is 0 Å². The first-order valence-corrected chi connectivity index (χ1v) is 25.0. The van der Waals surface area contributed by atoms with Crippen LogP contribution in [0.3, 0.4) is 0 Å². The van der Waals surface area contributed by atoms with Crippen molar-refractivity contribution in [2.45, 2.75) is 101 Å². The zero-order valence-corrected chi connectivity index (χ0v) is 38.4. The van der Waals surface area contributed by atoms with Crippen LogP contribution >= 0.6 is 0 Å². The molecule has 0 spiro atoms. The van der Waals surface area contributed by atoms with Crippen molar-refractivity contribution in [2.24, 2.45) is 0 Å². The third-order valence-corrected chi connectivity index (χ3v) is 19.8. The summed E-state index contributed by atoms with van der Waals surface area (Å²) in [5.41, 5.74) is 19.3. The minimum atomic E-state index is -0.109. The van der Waals surface area contributed by atoms with Crippen molar-refractivity contribution in [2.75, 3.05) is 9.80 Å². The van der Waals surface area contributed by atoms with E-state index in [-0.39, 0.29) is 42.0 Å². The van der Waals surface area contributed by atoms with Crippen molar-refractivity contribution in [3.8, 4) is 46.0 Å². The van der Waals surface area contributed by atoms with Gasteiger partial charge in [-0.15, -0.1) is 0 Å². The maximum Gasteiger partial charge on any atom is 0.260 e. The SMILES string of the molecule is CC12CCCCC1(C)N1c3cc4c(cc3B3c5ccccc5Oc5ccc2c1c53)B1c2cc3c(cc2Oc2cccc(c21)O4)N1c2c(ccc4c2B3c2ccccc2O4)C2(C)CCCCC12C. The molecule has 4 unspecified atom stereocenters. The minimum absolute atomic E-state index is 0.000755. The van der Waals surface area contributed by atoms with E-state index in [1.54, 1.807) is 0 Å². The molecule has 0 N–H and O–H groups in total. The molecular weight excluding hydrogens is 821 g/mol. The van der Waals surface area contributed by atoms with Gasteiger partial charge >= 0.3 is 0 Å². The smallest absolute Gasteiger partial charge is 0.260 e. The van der Waals surface area contributed by atoms with E-state index in [9.17, 15) is 0 Å². The number of anilines is 4. The Labute approximate surface area is 392 Å². The molecule has 8 aliphatic heterocycles. The lowest BCUT2D eigenvalue weighted by Crippen LogP contribution is -2.66. The van der Waals surface area contributed by atoms with Gasteiger partial charge in [-0.25, -0.2) is 0 Å². The van der Waals surface area contributed by atoms with Crippen LogP contribution in [0.1, 0.15) is 90.2 Å². The van der Waals surface area contributed by atoms with Gasteiger partial charge in [-0.2, -0.15) is 0 Å². The highest BCUT2D eigenvalue weighted by Gasteiger charge is 2.64. The van der Waals surface area contributed by atoms with Crippen LogP contribution in [0.25, 0.3) is 0 Å². The molecule has 0 saturated heterocycles. The fourth-order valence-corrected chi connectivity index (χ4v) is 16.3. The quantitative estimate of drug-likeness (QED) is 0.145. The summed E-state index contributed by atoms with van der Waals surface area (Å²) in [6.07, 6.45) is 9.54. The summed E-state index contributed by atoms with van der Waals surface area (Å²) in [5.74, 6) is 7.49. The van der Waals surface area contributed by atoms with E-state index in [4.69, 9.17) is 18.9 Å². The molecule has 7 aromatic carbocycles. The average Bonchev–Trinajstić information content (AvgIpc) is 3.70. The van der Waals surface area contributed by atoms with Gasteiger partial charge in [0.1, 0.15) is 46.0 Å². The molecule has 0 aromatic heterocycles. The number of nitrogens with zero attached hydrogens (tertiary/aromatic N) is 2. The van der Waals surface area contributed by atoms with Crippen LogP contribution in [0.4, 0.5) is 22.7 Å². The molecule has 0 amide bonds. The molecule has 0 bridgehead atoms. The molecule has 0 radical (unpaired) electrons. The molecule has 2 fully saturated rings. The second-order valence-corrected chi connectivity index (χ2v) is 22.4. The minimum Gasteiger partial charge on any atom is -0.458 e. The number of fused-ring (bicyclic) bond motifs is 20. The summed E-state index contributed by atoms with van der Waals surface area (Å²) < 4.78 is 28.2. The van der Waals surface area contributed by atoms with Crippen LogP contribution in [-0.4, -0.2) is 31.2 Å². The summed E-state index contributed by atoms with van der Waals surface area (Å²) in [7, 11) is 0. The van der Waals surface area contributed by atoms with E-state index >= 15 is 0 Å². The molecule has 4 atom stereocenters. The molecule has 7 aromatic rings. The number of hydrogen-bond donors (Lipinski definition) is 0. The molecule has 9 heteroatoms. The van der Waals surface area contributed by atoms with Crippen molar-refractivity contribution < 1.29 is 18.9 Å². The Morgan fingerprint density at radius 1 is 0.373 bits per heavy atom. The van der Waals surface area contributed by atoms with Gasteiger partial charge in [0, 0.05) is 51.2 Å². The van der Waals surface area contributed by atoms with Crippen LogP contribution in [0, 0.1) is 0 Å². The third kappa shape index (κ3) is 3.94. The number of para-hydroxylation sites is 2. The highest BCUT2D eigenvalue weighted by atomic mass is 16.5. The first-order chi connectivity index (χ1) is 32.7. The molecule has 17 rings (SSSR count). The number of benzene rings is 7. The van der Waals surface area contributed by atoms with Gasteiger partial charge in [0.25, 0.3) is 20.1 Å². The van der Waals surface area contributed by atoms with Crippen LogP contribution < -0.4 is 77.9 Å². The number of rotatable bonds is 0. The van der Waals surface area contributed by atoms with E-state index in [0.29, 0.717) is 0 Å². The fraction of sp³-hybridized carbons (Fsp3) is 0.276.